The summed E-state index contributed by atoms with van der Waals surface area (Å²) in [6.07, 6.45) is 2.15. The van der Waals surface area contributed by atoms with Gasteiger partial charge >= 0.3 is 5.97 Å². The number of carbonyl (C=O) groups excluding carboxylic acids is 2. The SMILES string of the molecule is CCCC[C@H]1C(=O)C(C)(C)[C@@H](O)CC(=O)O[C@H](c2ccc3sc(CN)nc3c2)C[C@@H]2O[C@]2(C)CCC[C@H](C)[C@@H]1O. The molecule has 2 aromatic rings. The van der Waals surface area contributed by atoms with E-state index in [0.29, 0.717) is 19.4 Å². The summed E-state index contributed by atoms with van der Waals surface area (Å²) in [5.41, 5.74) is 5.86. The number of esters is 1. The number of ether oxygens (including phenoxy) is 2. The van der Waals surface area contributed by atoms with Crippen molar-refractivity contribution >= 4 is 33.3 Å². The van der Waals surface area contributed by atoms with Crippen LogP contribution in [-0.2, 0) is 25.6 Å². The molecule has 2 saturated heterocycles. The monoisotopic (exact) mass is 574 g/mol. The summed E-state index contributed by atoms with van der Waals surface area (Å²) in [4.78, 5) is 31.6. The van der Waals surface area contributed by atoms with Gasteiger partial charge in [-0.3, -0.25) is 9.59 Å². The van der Waals surface area contributed by atoms with E-state index in [1.54, 1.807) is 25.2 Å². The zero-order valence-corrected chi connectivity index (χ0v) is 25.3. The van der Waals surface area contributed by atoms with Gasteiger partial charge in [-0.05, 0) is 49.8 Å². The number of aliphatic hydroxyl groups is 2. The van der Waals surface area contributed by atoms with Crippen LogP contribution in [0.2, 0.25) is 0 Å². The van der Waals surface area contributed by atoms with E-state index in [2.05, 4.69) is 18.8 Å². The van der Waals surface area contributed by atoms with Crippen LogP contribution in [0.25, 0.3) is 10.2 Å². The van der Waals surface area contributed by atoms with Crippen LogP contribution in [0, 0.1) is 17.3 Å². The van der Waals surface area contributed by atoms with Crippen LogP contribution in [0.1, 0.15) is 103 Å². The number of benzene rings is 1. The largest absolute Gasteiger partial charge is 0.457 e. The van der Waals surface area contributed by atoms with Crippen LogP contribution in [0.15, 0.2) is 18.2 Å². The predicted octanol–water partition coefficient (Wildman–Crippen LogP) is 5.22. The average Bonchev–Trinajstić information content (AvgIpc) is 3.35. The number of unbranched alkanes of at least 4 members (excludes halogenated alkanes) is 1. The number of fused-ring (bicyclic) bond motifs is 2. The fraction of sp³-hybridized carbons (Fsp3) is 0.710. The van der Waals surface area contributed by atoms with Gasteiger partial charge in [0.25, 0.3) is 0 Å². The van der Waals surface area contributed by atoms with Gasteiger partial charge in [-0.15, -0.1) is 11.3 Å². The smallest absolute Gasteiger partial charge is 0.309 e. The predicted molar refractivity (Wildman–Crippen MR) is 156 cm³/mol. The zero-order valence-electron chi connectivity index (χ0n) is 24.5. The number of aromatic nitrogens is 1. The lowest BCUT2D eigenvalue weighted by molar-refractivity contribution is -0.156. The second-order valence-electron chi connectivity index (χ2n) is 12.6. The third-order valence-electron chi connectivity index (χ3n) is 9.10. The highest BCUT2D eigenvalue weighted by atomic mass is 32.1. The highest BCUT2D eigenvalue weighted by Gasteiger charge is 2.53. The Kier molecular flexibility index (Phi) is 9.72. The van der Waals surface area contributed by atoms with E-state index in [4.69, 9.17) is 15.2 Å². The topological polar surface area (TPSA) is 135 Å². The molecule has 0 bridgehead atoms. The number of cyclic esters (lactones) is 1. The van der Waals surface area contributed by atoms with Gasteiger partial charge in [-0.1, -0.05) is 53.0 Å². The molecule has 222 valence electrons. The molecule has 0 aliphatic carbocycles. The van der Waals surface area contributed by atoms with Crippen LogP contribution >= 0.6 is 11.3 Å². The molecular formula is C31H46N2O6S. The van der Waals surface area contributed by atoms with Crippen molar-refractivity contribution < 1.29 is 29.3 Å². The number of carbonyl (C=O) groups is 2. The lowest BCUT2D eigenvalue weighted by Gasteiger charge is -2.36. The molecule has 9 heteroatoms. The molecule has 0 saturated carbocycles. The first-order valence-corrected chi connectivity index (χ1v) is 15.6. The molecule has 0 radical (unpaired) electrons. The lowest BCUT2D eigenvalue weighted by Crippen LogP contribution is -2.46. The van der Waals surface area contributed by atoms with Crippen LogP contribution in [0.5, 0.6) is 0 Å². The molecule has 0 spiro atoms. The van der Waals surface area contributed by atoms with Gasteiger partial charge < -0.3 is 25.4 Å². The fourth-order valence-electron chi connectivity index (χ4n) is 6.02. The van der Waals surface area contributed by atoms with Crippen molar-refractivity contribution in [2.75, 3.05) is 0 Å². The molecule has 8 nitrogen and oxygen atoms in total. The molecule has 1 aromatic heterocycles. The second kappa shape index (κ2) is 12.5. The highest BCUT2D eigenvalue weighted by Crippen LogP contribution is 2.47. The van der Waals surface area contributed by atoms with Gasteiger partial charge in [0.05, 0.1) is 46.0 Å². The van der Waals surface area contributed by atoms with Crippen molar-refractivity contribution in [3.63, 3.8) is 0 Å². The van der Waals surface area contributed by atoms with E-state index < -0.39 is 35.6 Å². The van der Waals surface area contributed by atoms with Crippen molar-refractivity contribution in [2.45, 2.75) is 123 Å². The molecule has 4 N–H and O–H groups in total. The summed E-state index contributed by atoms with van der Waals surface area (Å²) in [5, 5.41) is 23.3. The summed E-state index contributed by atoms with van der Waals surface area (Å²) in [7, 11) is 0. The zero-order chi connectivity index (χ0) is 29.2. The summed E-state index contributed by atoms with van der Waals surface area (Å²) in [6, 6.07) is 5.86. The summed E-state index contributed by atoms with van der Waals surface area (Å²) < 4.78 is 13.2. The summed E-state index contributed by atoms with van der Waals surface area (Å²) in [5.74, 6) is -1.45. The van der Waals surface area contributed by atoms with E-state index in [-0.39, 0.29) is 29.8 Å². The first kappa shape index (κ1) is 31.0. The van der Waals surface area contributed by atoms with Crippen LogP contribution < -0.4 is 5.73 Å². The third kappa shape index (κ3) is 6.76. The first-order valence-electron chi connectivity index (χ1n) is 14.8. The molecule has 2 aliphatic rings. The Bertz CT molecular complexity index is 1200. The quantitative estimate of drug-likeness (QED) is 0.327. The number of hydrogen-bond donors (Lipinski definition) is 3. The van der Waals surface area contributed by atoms with Crippen molar-refractivity contribution in [1.29, 1.82) is 0 Å². The minimum absolute atomic E-state index is 0.0755. The first-order chi connectivity index (χ1) is 18.9. The second-order valence-corrected chi connectivity index (χ2v) is 13.7. The highest BCUT2D eigenvalue weighted by molar-refractivity contribution is 7.18. The standard InChI is InChI=1S/C31H46N2O6S/c1-6-7-10-20-28(36)18(2)9-8-13-31(5)25(39-31)15-22(38-27(35)16-24(34)30(3,4)29(20)37)19-11-12-23-21(14-19)33-26(17-32)40-23/h11-12,14,18,20,22,24-25,28,34,36H,6-10,13,15-17,32H2,1-5H3/t18-,20+,22-,24-,25-,28-,31+/m0/s1. The maximum absolute atomic E-state index is 13.8. The Morgan fingerprint density at radius 2 is 1.95 bits per heavy atom. The number of ketones is 1. The summed E-state index contributed by atoms with van der Waals surface area (Å²) >= 11 is 1.54. The van der Waals surface area contributed by atoms with E-state index in [1.165, 1.54) is 0 Å². The number of nitrogens with two attached hydrogens (primary N) is 1. The molecule has 3 heterocycles. The Hall–Kier alpha value is -1.91. The van der Waals surface area contributed by atoms with Gasteiger partial charge in [0.2, 0.25) is 0 Å². The summed E-state index contributed by atoms with van der Waals surface area (Å²) in [6.45, 7) is 9.83. The molecule has 2 aliphatic heterocycles. The number of aliphatic hydroxyl groups excluding tert-OH is 2. The molecule has 2 fully saturated rings. The number of Topliss-reactive ketones (excluding diaryl/α,β-unsaturated/α-hetero) is 1. The van der Waals surface area contributed by atoms with Crippen LogP contribution in [-0.4, -0.2) is 50.9 Å². The third-order valence-corrected chi connectivity index (χ3v) is 10.2. The fourth-order valence-corrected chi connectivity index (χ4v) is 6.85. The van der Waals surface area contributed by atoms with Gasteiger partial charge in [0.15, 0.2) is 0 Å². The van der Waals surface area contributed by atoms with Gasteiger partial charge in [-0.25, -0.2) is 4.98 Å². The van der Waals surface area contributed by atoms with Crippen molar-refractivity contribution in [1.82, 2.24) is 4.98 Å². The number of rotatable bonds is 5. The maximum atomic E-state index is 13.8. The lowest BCUT2D eigenvalue weighted by atomic mass is 9.71. The van der Waals surface area contributed by atoms with Crippen LogP contribution in [0.4, 0.5) is 0 Å². The number of hydrogen-bond acceptors (Lipinski definition) is 9. The van der Waals surface area contributed by atoms with E-state index in [9.17, 15) is 19.8 Å². The molecule has 4 rings (SSSR count). The normalized spacial score (nSPS) is 33.9. The molecule has 7 atom stereocenters. The van der Waals surface area contributed by atoms with E-state index >= 15 is 0 Å². The van der Waals surface area contributed by atoms with Crippen molar-refractivity contribution in [3.05, 3.63) is 28.8 Å². The minimum atomic E-state index is -1.25. The van der Waals surface area contributed by atoms with E-state index in [1.807, 2.05) is 25.1 Å². The van der Waals surface area contributed by atoms with Crippen molar-refractivity contribution in [3.8, 4) is 0 Å². The Morgan fingerprint density at radius 3 is 2.65 bits per heavy atom. The average molecular weight is 575 g/mol. The maximum Gasteiger partial charge on any atom is 0.309 e. The number of epoxide rings is 1. The molecular weight excluding hydrogens is 528 g/mol. The number of nitrogens with zero attached hydrogens (tertiary/aromatic N) is 1. The van der Waals surface area contributed by atoms with Gasteiger partial charge in [0.1, 0.15) is 16.9 Å². The van der Waals surface area contributed by atoms with E-state index in [0.717, 1.165) is 52.9 Å². The van der Waals surface area contributed by atoms with Gasteiger partial charge in [0, 0.05) is 18.9 Å². The molecule has 0 unspecified atom stereocenters. The number of thiazole rings is 1. The Morgan fingerprint density at radius 1 is 1.20 bits per heavy atom. The molecule has 40 heavy (non-hydrogen) atoms. The van der Waals surface area contributed by atoms with Crippen molar-refractivity contribution in [2.24, 2.45) is 23.0 Å². The van der Waals surface area contributed by atoms with Gasteiger partial charge in [-0.2, -0.15) is 0 Å². The Balaban J connectivity index is 1.62. The van der Waals surface area contributed by atoms with Crippen LogP contribution in [0.3, 0.4) is 0 Å². The minimum Gasteiger partial charge on any atom is -0.457 e. The molecule has 1 aromatic carbocycles. The Labute approximate surface area is 241 Å². The molecule has 0 amide bonds.